The van der Waals surface area contributed by atoms with Gasteiger partial charge in [-0.25, -0.2) is 9.97 Å². The van der Waals surface area contributed by atoms with Crippen LogP contribution in [-0.2, 0) is 11.0 Å². The van der Waals surface area contributed by atoms with E-state index in [1.807, 2.05) is 5.38 Å². The molecule has 1 amide bonds. The average molecular weight is 450 g/mol. The monoisotopic (exact) mass is 449 g/mol. The number of alkyl halides is 3. The third kappa shape index (κ3) is 4.75. The van der Waals surface area contributed by atoms with Gasteiger partial charge in [-0.3, -0.25) is 9.20 Å². The average Bonchev–Trinajstić information content (AvgIpc) is 3.17. The van der Waals surface area contributed by atoms with E-state index in [-0.39, 0.29) is 29.8 Å². The molecular weight excluding hydrogens is 438 g/mol. The summed E-state index contributed by atoms with van der Waals surface area (Å²) in [6.45, 7) is 0.427. The maximum absolute atomic E-state index is 12.6. The van der Waals surface area contributed by atoms with E-state index in [0.717, 1.165) is 11.0 Å². The third-order valence-electron chi connectivity index (χ3n) is 3.53. The number of nitrogens with one attached hydrogen (secondary N) is 2. The first-order valence-corrected chi connectivity index (χ1v) is 9.43. The van der Waals surface area contributed by atoms with Crippen molar-refractivity contribution in [1.82, 2.24) is 19.7 Å². The van der Waals surface area contributed by atoms with E-state index in [1.54, 1.807) is 16.7 Å². The van der Waals surface area contributed by atoms with E-state index < -0.39 is 11.7 Å². The van der Waals surface area contributed by atoms with E-state index in [4.69, 9.17) is 23.2 Å². The molecule has 3 aromatic rings. The van der Waals surface area contributed by atoms with Gasteiger partial charge in [-0.1, -0.05) is 23.2 Å². The van der Waals surface area contributed by atoms with Crippen LogP contribution in [-0.4, -0.2) is 33.4 Å². The van der Waals surface area contributed by atoms with E-state index in [0.29, 0.717) is 17.0 Å². The smallest absolute Gasteiger partial charge is 0.367 e. The maximum Gasteiger partial charge on any atom is 0.417 e. The van der Waals surface area contributed by atoms with Crippen molar-refractivity contribution in [3.8, 4) is 0 Å². The summed E-state index contributed by atoms with van der Waals surface area (Å²) in [6.07, 6.45) is 0.835. The number of carbonyl (C=O) groups excluding carboxylic acids is 1. The third-order valence-corrected chi connectivity index (χ3v) is 4.85. The molecule has 0 aliphatic carbocycles. The number of nitrogens with zero attached hydrogens (tertiary/aromatic N) is 3. The second-order valence-electron chi connectivity index (χ2n) is 5.45. The highest BCUT2D eigenvalue weighted by Crippen LogP contribution is 2.32. The van der Waals surface area contributed by atoms with Crippen molar-refractivity contribution in [1.29, 1.82) is 0 Å². The molecule has 3 rings (SSSR count). The van der Waals surface area contributed by atoms with Crippen LogP contribution in [0.5, 0.6) is 0 Å². The number of carbonyl (C=O) groups is 1. The second kappa shape index (κ2) is 8.38. The number of thiazole rings is 1. The van der Waals surface area contributed by atoms with Gasteiger partial charge in [0, 0.05) is 36.9 Å². The zero-order chi connectivity index (χ0) is 20.3. The minimum atomic E-state index is -4.51. The molecule has 28 heavy (non-hydrogen) atoms. The van der Waals surface area contributed by atoms with Gasteiger partial charge in [0.15, 0.2) is 10.1 Å². The molecule has 0 unspecified atom stereocenters. The van der Waals surface area contributed by atoms with Crippen molar-refractivity contribution < 1.29 is 18.0 Å². The number of fused-ring (bicyclic) bond motifs is 1. The number of amides is 1. The first-order valence-electron chi connectivity index (χ1n) is 7.79. The van der Waals surface area contributed by atoms with Crippen molar-refractivity contribution in [3.05, 3.63) is 51.3 Å². The Bertz CT molecular complexity index is 1030. The van der Waals surface area contributed by atoms with Gasteiger partial charge in [-0.2, -0.15) is 13.2 Å². The lowest BCUT2D eigenvalue weighted by Gasteiger charge is -2.10. The molecule has 0 radical (unpaired) electrons. The Balaban J connectivity index is 1.49. The lowest BCUT2D eigenvalue weighted by atomic mass is 10.3. The van der Waals surface area contributed by atoms with Crippen LogP contribution >= 0.6 is 34.5 Å². The van der Waals surface area contributed by atoms with E-state index in [2.05, 4.69) is 20.6 Å². The van der Waals surface area contributed by atoms with Crippen molar-refractivity contribution in [2.45, 2.75) is 6.18 Å². The summed E-state index contributed by atoms with van der Waals surface area (Å²) in [4.78, 5) is 20.4. The standard InChI is InChI=1S/C16H12Cl2F3N5OS/c17-10-7-9(16(19,20)21)8-24-14(10)23-4-3-22-12(27)2-1-11-13(18)25-15-26(11)5-6-28-15/h1-2,5-8H,3-4H2,(H,22,27)(H,23,24)/b2-1+. The van der Waals surface area contributed by atoms with Gasteiger partial charge in [0.2, 0.25) is 5.91 Å². The molecule has 0 saturated heterocycles. The minimum absolute atomic E-state index is 0.102. The first-order chi connectivity index (χ1) is 13.3. The highest BCUT2D eigenvalue weighted by atomic mass is 35.5. The van der Waals surface area contributed by atoms with Gasteiger partial charge in [-0.05, 0) is 12.1 Å². The molecule has 0 saturated carbocycles. The Labute approximate surface area is 171 Å². The molecule has 6 nitrogen and oxygen atoms in total. The fourth-order valence-electron chi connectivity index (χ4n) is 2.23. The quantitative estimate of drug-likeness (QED) is 0.433. The molecule has 0 bridgehead atoms. The zero-order valence-corrected chi connectivity index (χ0v) is 16.3. The van der Waals surface area contributed by atoms with Crippen LogP contribution < -0.4 is 10.6 Å². The lowest BCUT2D eigenvalue weighted by Crippen LogP contribution is -2.27. The molecule has 0 aliphatic heterocycles. The zero-order valence-electron chi connectivity index (χ0n) is 13.9. The fraction of sp³-hybridized carbons (Fsp3) is 0.188. The van der Waals surface area contributed by atoms with Crippen molar-refractivity contribution >= 4 is 57.3 Å². The van der Waals surface area contributed by atoms with Crippen LogP contribution in [0.4, 0.5) is 19.0 Å². The van der Waals surface area contributed by atoms with E-state index in [1.165, 1.54) is 17.4 Å². The van der Waals surface area contributed by atoms with Crippen LogP contribution in [0.25, 0.3) is 11.0 Å². The molecule has 2 N–H and O–H groups in total. The normalized spacial score (nSPS) is 12.0. The first kappa shape index (κ1) is 20.4. The number of halogens is 5. The van der Waals surface area contributed by atoms with Crippen molar-refractivity contribution in [2.24, 2.45) is 0 Å². The summed E-state index contributed by atoms with van der Waals surface area (Å²) in [7, 11) is 0. The summed E-state index contributed by atoms with van der Waals surface area (Å²) in [5.41, 5.74) is -0.341. The minimum Gasteiger partial charge on any atom is -0.367 e. The van der Waals surface area contributed by atoms with Crippen molar-refractivity contribution in [3.63, 3.8) is 0 Å². The summed E-state index contributed by atoms with van der Waals surface area (Å²) >= 11 is 13.2. The van der Waals surface area contributed by atoms with Gasteiger partial charge >= 0.3 is 6.18 Å². The summed E-state index contributed by atoms with van der Waals surface area (Å²) in [5.74, 6) is -0.264. The highest BCUT2D eigenvalue weighted by Gasteiger charge is 2.31. The molecule has 12 heteroatoms. The Morgan fingerprint density at radius 3 is 2.82 bits per heavy atom. The lowest BCUT2D eigenvalue weighted by molar-refractivity contribution is -0.137. The van der Waals surface area contributed by atoms with Crippen LogP contribution in [0, 0.1) is 0 Å². The second-order valence-corrected chi connectivity index (χ2v) is 7.08. The number of rotatable bonds is 6. The molecular formula is C16H12Cl2F3N5OS. The topological polar surface area (TPSA) is 71.3 Å². The summed E-state index contributed by atoms with van der Waals surface area (Å²) in [5, 5.41) is 7.37. The van der Waals surface area contributed by atoms with Crippen LogP contribution in [0.3, 0.4) is 0 Å². The molecule has 0 atom stereocenters. The molecule has 0 aromatic carbocycles. The number of imidazole rings is 1. The Kier molecular flexibility index (Phi) is 6.11. The Morgan fingerprint density at radius 2 is 2.11 bits per heavy atom. The Hall–Kier alpha value is -2.30. The molecule has 0 aliphatic rings. The number of anilines is 1. The SMILES string of the molecule is O=C(/C=C/c1c(Cl)nc2sccn12)NCCNc1ncc(C(F)(F)F)cc1Cl. The Morgan fingerprint density at radius 1 is 1.32 bits per heavy atom. The molecule has 148 valence electrons. The van der Waals surface area contributed by atoms with Crippen molar-refractivity contribution in [2.75, 3.05) is 18.4 Å². The number of hydrogen-bond donors (Lipinski definition) is 2. The molecule has 3 heterocycles. The van der Waals surface area contributed by atoms with E-state index >= 15 is 0 Å². The predicted molar refractivity (Wildman–Crippen MR) is 103 cm³/mol. The van der Waals surface area contributed by atoms with Gasteiger partial charge in [0.05, 0.1) is 16.3 Å². The molecule has 3 aromatic heterocycles. The number of hydrogen-bond acceptors (Lipinski definition) is 5. The maximum atomic E-state index is 12.6. The number of pyridine rings is 1. The van der Waals surface area contributed by atoms with Crippen LogP contribution in [0.2, 0.25) is 10.2 Å². The summed E-state index contributed by atoms with van der Waals surface area (Å²) in [6, 6.07) is 0.790. The fourth-order valence-corrected chi connectivity index (χ4v) is 3.47. The molecule has 0 fully saturated rings. The summed E-state index contributed by atoms with van der Waals surface area (Å²) < 4.78 is 39.5. The van der Waals surface area contributed by atoms with Crippen LogP contribution in [0.1, 0.15) is 11.3 Å². The van der Waals surface area contributed by atoms with E-state index in [9.17, 15) is 18.0 Å². The van der Waals surface area contributed by atoms with Gasteiger partial charge in [0.1, 0.15) is 5.82 Å². The van der Waals surface area contributed by atoms with Gasteiger partial charge in [-0.15, -0.1) is 11.3 Å². The van der Waals surface area contributed by atoms with Gasteiger partial charge in [0.25, 0.3) is 0 Å². The van der Waals surface area contributed by atoms with Crippen LogP contribution in [0.15, 0.2) is 29.9 Å². The predicted octanol–water partition coefficient (Wildman–Crippen LogP) is 4.36. The number of aromatic nitrogens is 3. The molecule has 0 spiro atoms. The highest BCUT2D eigenvalue weighted by molar-refractivity contribution is 7.15. The largest absolute Gasteiger partial charge is 0.417 e. The van der Waals surface area contributed by atoms with Gasteiger partial charge < -0.3 is 10.6 Å².